The Morgan fingerprint density at radius 1 is 1.28 bits per heavy atom. The van der Waals surface area contributed by atoms with E-state index in [0.29, 0.717) is 12.5 Å². The highest BCUT2D eigenvalue weighted by Gasteiger charge is 2.18. The minimum atomic E-state index is 0.00553. The summed E-state index contributed by atoms with van der Waals surface area (Å²) in [6, 6.07) is 14.8. The highest BCUT2D eigenvalue weighted by Crippen LogP contribution is 2.34. The van der Waals surface area contributed by atoms with Crippen LogP contribution in [-0.2, 0) is 11.2 Å². The van der Waals surface area contributed by atoms with Crippen molar-refractivity contribution in [2.24, 2.45) is 0 Å². The highest BCUT2D eigenvalue weighted by molar-refractivity contribution is 6.31. The molecule has 1 heterocycles. The summed E-state index contributed by atoms with van der Waals surface area (Å²) in [5, 5.41) is 7.17. The maximum Gasteiger partial charge on any atom is 0.216 e. The molecule has 4 heteroatoms. The van der Waals surface area contributed by atoms with Crippen LogP contribution in [-0.4, -0.2) is 25.5 Å². The van der Waals surface area contributed by atoms with Gasteiger partial charge in [0.05, 0.1) is 0 Å². The quantitative estimate of drug-likeness (QED) is 0.844. The predicted octanol–water partition coefficient (Wildman–Crippen LogP) is 4.15. The van der Waals surface area contributed by atoms with Crippen molar-refractivity contribution in [2.45, 2.75) is 32.1 Å². The Kier molecular flexibility index (Phi) is 6.11. The van der Waals surface area contributed by atoms with Gasteiger partial charge >= 0.3 is 0 Å². The molecule has 0 radical (unpaired) electrons. The van der Waals surface area contributed by atoms with Crippen molar-refractivity contribution in [1.82, 2.24) is 10.6 Å². The third-order valence-corrected chi connectivity index (χ3v) is 5.16. The van der Waals surface area contributed by atoms with Gasteiger partial charge in [-0.3, -0.25) is 4.79 Å². The largest absolute Gasteiger partial charge is 0.356 e. The molecule has 0 saturated carbocycles. The lowest BCUT2D eigenvalue weighted by atomic mass is 9.89. The number of nitrogens with one attached hydrogen (secondary N) is 2. The normalized spacial score (nSPS) is 17.3. The lowest BCUT2D eigenvalue weighted by molar-refractivity contribution is -0.118. The average molecular weight is 357 g/mol. The molecule has 3 rings (SSSR count). The Hall–Kier alpha value is -1.84. The standard InChI is InChI=1S/C21H25ClN2O/c1-15(25)24-12-10-16-5-2-3-7-19(16)17-8-9-20(21(22)13-17)18-6-4-11-23-14-18/h2-3,5,7-9,13,18,23H,4,6,10-12,14H2,1H3,(H,24,25). The van der Waals surface area contributed by atoms with Crippen LogP contribution in [0.4, 0.5) is 0 Å². The smallest absolute Gasteiger partial charge is 0.216 e. The monoisotopic (exact) mass is 356 g/mol. The number of hydrogen-bond donors (Lipinski definition) is 2. The number of benzene rings is 2. The van der Waals surface area contributed by atoms with Gasteiger partial charge in [-0.15, -0.1) is 0 Å². The Balaban J connectivity index is 1.82. The lowest BCUT2D eigenvalue weighted by Gasteiger charge is -2.24. The summed E-state index contributed by atoms with van der Waals surface area (Å²) in [5.41, 5.74) is 4.78. The van der Waals surface area contributed by atoms with Crippen molar-refractivity contribution in [2.75, 3.05) is 19.6 Å². The molecule has 0 aromatic heterocycles. The topological polar surface area (TPSA) is 41.1 Å². The highest BCUT2D eigenvalue weighted by atomic mass is 35.5. The second-order valence-corrected chi connectivity index (χ2v) is 7.08. The van der Waals surface area contributed by atoms with Gasteiger partial charge in [0.15, 0.2) is 0 Å². The van der Waals surface area contributed by atoms with Crippen LogP contribution < -0.4 is 10.6 Å². The number of carbonyl (C=O) groups excluding carboxylic acids is 1. The molecule has 2 N–H and O–H groups in total. The molecule has 3 nitrogen and oxygen atoms in total. The Morgan fingerprint density at radius 3 is 2.84 bits per heavy atom. The number of carbonyl (C=O) groups is 1. The summed E-state index contributed by atoms with van der Waals surface area (Å²) < 4.78 is 0. The fourth-order valence-corrected chi connectivity index (χ4v) is 3.87. The molecule has 2 aromatic rings. The number of piperidine rings is 1. The van der Waals surface area contributed by atoms with E-state index in [1.165, 1.54) is 29.5 Å². The van der Waals surface area contributed by atoms with Gasteiger partial charge in [-0.1, -0.05) is 48.0 Å². The number of halogens is 1. The van der Waals surface area contributed by atoms with Gasteiger partial charge in [-0.25, -0.2) is 0 Å². The van der Waals surface area contributed by atoms with Crippen LogP contribution in [0.25, 0.3) is 11.1 Å². The molecule has 0 spiro atoms. The van der Waals surface area contributed by atoms with Crippen molar-refractivity contribution in [1.29, 1.82) is 0 Å². The average Bonchev–Trinajstić information content (AvgIpc) is 2.62. The van der Waals surface area contributed by atoms with Crippen LogP contribution >= 0.6 is 11.6 Å². The molecule has 1 unspecified atom stereocenters. The van der Waals surface area contributed by atoms with Gasteiger partial charge in [0.1, 0.15) is 0 Å². The van der Waals surface area contributed by atoms with Crippen molar-refractivity contribution in [3.63, 3.8) is 0 Å². The molecule has 1 saturated heterocycles. The van der Waals surface area contributed by atoms with E-state index in [1.807, 2.05) is 12.1 Å². The SMILES string of the molecule is CC(=O)NCCc1ccccc1-c1ccc(C2CCCNC2)c(Cl)c1. The number of rotatable bonds is 5. The first-order chi connectivity index (χ1) is 12.1. The molecular formula is C21H25ClN2O. The molecule has 0 aliphatic carbocycles. The Bertz CT molecular complexity index is 738. The van der Waals surface area contributed by atoms with Gasteiger partial charge < -0.3 is 10.6 Å². The summed E-state index contributed by atoms with van der Waals surface area (Å²) in [4.78, 5) is 11.1. The van der Waals surface area contributed by atoms with E-state index in [0.717, 1.165) is 30.1 Å². The molecule has 1 atom stereocenters. The third kappa shape index (κ3) is 4.62. The molecule has 2 aromatic carbocycles. The Morgan fingerprint density at radius 2 is 2.12 bits per heavy atom. The van der Waals surface area contributed by atoms with E-state index in [-0.39, 0.29) is 5.91 Å². The van der Waals surface area contributed by atoms with Crippen LogP contribution in [0.3, 0.4) is 0 Å². The summed E-state index contributed by atoms with van der Waals surface area (Å²) in [6.07, 6.45) is 3.20. The molecule has 25 heavy (non-hydrogen) atoms. The van der Waals surface area contributed by atoms with Crippen molar-refractivity contribution in [3.8, 4) is 11.1 Å². The van der Waals surface area contributed by atoms with Crippen LogP contribution in [0.5, 0.6) is 0 Å². The van der Waals surface area contributed by atoms with Gasteiger partial charge in [-0.2, -0.15) is 0 Å². The minimum absolute atomic E-state index is 0.00553. The maximum atomic E-state index is 11.1. The molecule has 1 fully saturated rings. The fourth-order valence-electron chi connectivity index (χ4n) is 3.54. The van der Waals surface area contributed by atoms with Crippen molar-refractivity contribution >= 4 is 17.5 Å². The fraction of sp³-hybridized carbons (Fsp3) is 0.381. The summed E-state index contributed by atoms with van der Waals surface area (Å²) in [7, 11) is 0. The Labute approximate surface area is 154 Å². The minimum Gasteiger partial charge on any atom is -0.356 e. The van der Waals surface area contributed by atoms with Crippen LogP contribution in [0, 0.1) is 0 Å². The molecular weight excluding hydrogens is 332 g/mol. The third-order valence-electron chi connectivity index (χ3n) is 4.83. The van der Waals surface area contributed by atoms with Crippen molar-refractivity contribution in [3.05, 3.63) is 58.6 Å². The number of amides is 1. The van der Waals surface area contributed by atoms with E-state index in [4.69, 9.17) is 11.6 Å². The van der Waals surface area contributed by atoms with E-state index in [1.54, 1.807) is 6.92 Å². The lowest BCUT2D eigenvalue weighted by Crippen LogP contribution is -2.28. The number of hydrogen-bond acceptors (Lipinski definition) is 2. The van der Waals surface area contributed by atoms with Gasteiger partial charge in [0.2, 0.25) is 5.91 Å². The predicted molar refractivity (Wildman–Crippen MR) is 104 cm³/mol. The van der Waals surface area contributed by atoms with Gasteiger partial charge in [0, 0.05) is 25.0 Å². The van der Waals surface area contributed by atoms with E-state index < -0.39 is 0 Å². The van der Waals surface area contributed by atoms with Crippen LogP contribution in [0.2, 0.25) is 5.02 Å². The van der Waals surface area contributed by atoms with Gasteiger partial charge in [0.25, 0.3) is 0 Å². The van der Waals surface area contributed by atoms with Crippen LogP contribution in [0.15, 0.2) is 42.5 Å². The second kappa shape index (κ2) is 8.50. The molecule has 0 bridgehead atoms. The van der Waals surface area contributed by atoms with E-state index in [2.05, 4.69) is 41.0 Å². The molecule has 1 amide bonds. The van der Waals surface area contributed by atoms with Crippen molar-refractivity contribution < 1.29 is 4.79 Å². The first-order valence-corrected chi connectivity index (χ1v) is 9.36. The zero-order valence-electron chi connectivity index (χ0n) is 14.6. The summed E-state index contributed by atoms with van der Waals surface area (Å²) in [5.74, 6) is 0.510. The molecule has 132 valence electrons. The molecule has 1 aliphatic rings. The zero-order chi connectivity index (χ0) is 17.6. The van der Waals surface area contributed by atoms with E-state index >= 15 is 0 Å². The van der Waals surface area contributed by atoms with Gasteiger partial charge in [-0.05, 0) is 60.0 Å². The maximum absolute atomic E-state index is 11.1. The molecule has 1 aliphatic heterocycles. The summed E-state index contributed by atoms with van der Waals surface area (Å²) >= 11 is 6.63. The second-order valence-electron chi connectivity index (χ2n) is 6.67. The first kappa shape index (κ1) is 18.0. The van der Waals surface area contributed by atoms with Crippen LogP contribution in [0.1, 0.15) is 36.8 Å². The van der Waals surface area contributed by atoms with E-state index in [9.17, 15) is 4.79 Å². The first-order valence-electron chi connectivity index (χ1n) is 8.98. The summed E-state index contributed by atoms with van der Waals surface area (Å²) in [6.45, 7) is 4.30. The zero-order valence-corrected chi connectivity index (χ0v) is 15.4.